The van der Waals surface area contributed by atoms with Crippen molar-refractivity contribution in [3.63, 3.8) is 0 Å². The zero-order valence-corrected chi connectivity index (χ0v) is 15.6. The van der Waals surface area contributed by atoms with Crippen LogP contribution in [0.3, 0.4) is 0 Å². The van der Waals surface area contributed by atoms with Gasteiger partial charge in [-0.2, -0.15) is 0 Å². The van der Waals surface area contributed by atoms with Crippen LogP contribution in [0.1, 0.15) is 38.3 Å². The first kappa shape index (κ1) is 20.0. The van der Waals surface area contributed by atoms with E-state index in [4.69, 9.17) is 9.47 Å². The standard InChI is InChI=1S/C19H25NO2.C2H6/c1-15(8-9-16-10-12-18(21-2)13-11-16)20-14-17-6-4-5-7-19(17)22-3;1-2/h4-7,10-13,15,20H,8-9,14H2,1-3H3;1-2H3. The molecule has 1 atom stereocenters. The molecule has 0 aliphatic carbocycles. The van der Waals surface area contributed by atoms with Gasteiger partial charge in [-0.25, -0.2) is 0 Å². The fourth-order valence-corrected chi connectivity index (χ4v) is 2.41. The van der Waals surface area contributed by atoms with Crippen molar-refractivity contribution in [2.75, 3.05) is 14.2 Å². The van der Waals surface area contributed by atoms with Gasteiger partial charge in [0.2, 0.25) is 0 Å². The largest absolute Gasteiger partial charge is 0.497 e. The average molecular weight is 329 g/mol. The van der Waals surface area contributed by atoms with Crippen LogP contribution in [0.15, 0.2) is 48.5 Å². The van der Waals surface area contributed by atoms with E-state index in [0.717, 1.165) is 30.9 Å². The Hall–Kier alpha value is -2.00. The third kappa shape index (κ3) is 6.63. The molecule has 0 heterocycles. The van der Waals surface area contributed by atoms with Gasteiger partial charge in [0.05, 0.1) is 14.2 Å². The van der Waals surface area contributed by atoms with Gasteiger partial charge in [-0.3, -0.25) is 0 Å². The Labute approximate surface area is 147 Å². The maximum atomic E-state index is 5.38. The maximum absolute atomic E-state index is 5.38. The van der Waals surface area contributed by atoms with Crippen molar-refractivity contribution in [2.45, 2.75) is 46.2 Å². The molecule has 1 N–H and O–H groups in total. The SMILES string of the molecule is CC.COc1ccc(CCC(C)NCc2ccccc2OC)cc1. The fraction of sp³-hybridized carbons (Fsp3) is 0.429. The van der Waals surface area contributed by atoms with Crippen LogP contribution in [0.4, 0.5) is 0 Å². The van der Waals surface area contributed by atoms with E-state index in [1.54, 1.807) is 14.2 Å². The lowest BCUT2D eigenvalue weighted by Crippen LogP contribution is -2.26. The Morgan fingerprint density at radius 2 is 1.58 bits per heavy atom. The molecule has 132 valence electrons. The van der Waals surface area contributed by atoms with Crippen LogP contribution in [0.2, 0.25) is 0 Å². The summed E-state index contributed by atoms with van der Waals surface area (Å²) >= 11 is 0. The highest BCUT2D eigenvalue weighted by Crippen LogP contribution is 2.17. The minimum absolute atomic E-state index is 0.451. The van der Waals surface area contributed by atoms with E-state index < -0.39 is 0 Å². The molecule has 24 heavy (non-hydrogen) atoms. The van der Waals surface area contributed by atoms with E-state index in [-0.39, 0.29) is 0 Å². The van der Waals surface area contributed by atoms with Crippen LogP contribution in [0, 0.1) is 0 Å². The van der Waals surface area contributed by atoms with Crippen molar-refractivity contribution in [3.05, 3.63) is 59.7 Å². The number of hydrogen-bond donors (Lipinski definition) is 1. The third-order valence-corrected chi connectivity index (χ3v) is 3.86. The second-order valence-corrected chi connectivity index (χ2v) is 5.48. The lowest BCUT2D eigenvalue weighted by molar-refractivity contribution is 0.404. The van der Waals surface area contributed by atoms with E-state index in [1.165, 1.54) is 11.1 Å². The number of aryl methyl sites for hydroxylation is 1. The molecule has 3 nitrogen and oxygen atoms in total. The minimum atomic E-state index is 0.451. The number of ether oxygens (including phenoxy) is 2. The first-order valence-electron chi connectivity index (χ1n) is 8.71. The first-order chi connectivity index (χ1) is 11.7. The number of rotatable bonds is 8. The van der Waals surface area contributed by atoms with Crippen LogP contribution >= 0.6 is 0 Å². The summed E-state index contributed by atoms with van der Waals surface area (Å²) in [6, 6.07) is 16.9. The molecule has 0 spiro atoms. The molecule has 0 bridgehead atoms. The molecule has 0 saturated heterocycles. The van der Waals surface area contributed by atoms with E-state index >= 15 is 0 Å². The van der Waals surface area contributed by atoms with Gasteiger partial charge in [-0.05, 0) is 43.5 Å². The molecule has 0 saturated carbocycles. The molecule has 0 aliphatic rings. The fourth-order valence-electron chi connectivity index (χ4n) is 2.41. The van der Waals surface area contributed by atoms with Gasteiger partial charge < -0.3 is 14.8 Å². The minimum Gasteiger partial charge on any atom is -0.497 e. The maximum Gasteiger partial charge on any atom is 0.123 e. The van der Waals surface area contributed by atoms with Gasteiger partial charge in [0.15, 0.2) is 0 Å². The molecular formula is C21H31NO2. The number of para-hydroxylation sites is 1. The summed E-state index contributed by atoms with van der Waals surface area (Å²) in [5, 5.41) is 3.56. The van der Waals surface area contributed by atoms with Crippen LogP contribution < -0.4 is 14.8 Å². The summed E-state index contributed by atoms with van der Waals surface area (Å²) in [5.41, 5.74) is 2.54. The lowest BCUT2D eigenvalue weighted by Gasteiger charge is -2.15. The molecule has 2 aromatic rings. The van der Waals surface area contributed by atoms with Crippen LogP contribution in [-0.4, -0.2) is 20.3 Å². The molecule has 3 heteroatoms. The zero-order chi connectivity index (χ0) is 17.8. The average Bonchev–Trinajstić information content (AvgIpc) is 2.66. The summed E-state index contributed by atoms with van der Waals surface area (Å²) in [6.45, 7) is 7.05. The molecule has 2 rings (SSSR count). The summed E-state index contributed by atoms with van der Waals surface area (Å²) < 4.78 is 10.6. The van der Waals surface area contributed by atoms with Crippen molar-refractivity contribution >= 4 is 0 Å². The molecule has 0 amide bonds. The second kappa shape index (κ2) is 11.5. The Kier molecular flexibility index (Phi) is 9.62. The lowest BCUT2D eigenvalue weighted by atomic mass is 10.1. The Morgan fingerprint density at radius 1 is 0.917 bits per heavy atom. The van der Waals surface area contributed by atoms with Crippen molar-refractivity contribution in [3.8, 4) is 11.5 Å². The molecule has 1 unspecified atom stereocenters. The summed E-state index contributed by atoms with van der Waals surface area (Å²) in [7, 11) is 3.41. The quantitative estimate of drug-likeness (QED) is 0.751. The predicted octanol–water partition coefficient (Wildman–Crippen LogP) is 4.84. The predicted molar refractivity (Wildman–Crippen MR) is 102 cm³/mol. The topological polar surface area (TPSA) is 30.5 Å². The third-order valence-electron chi connectivity index (χ3n) is 3.86. The van der Waals surface area contributed by atoms with Gasteiger partial charge in [0.1, 0.15) is 11.5 Å². The molecule has 0 aliphatic heterocycles. The Bertz CT molecular complexity index is 566. The van der Waals surface area contributed by atoms with Gasteiger partial charge in [-0.15, -0.1) is 0 Å². The van der Waals surface area contributed by atoms with Gasteiger partial charge in [0.25, 0.3) is 0 Å². The van der Waals surface area contributed by atoms with Gasteiger partial charge >= 0.3 is 0 Å². The Morgan fingerprint density at radius 3 is 2.21 bits per heavy atom. The molecule has 0 radical (unpaired) electrons. The van der Waals surface area contributed by atoms with E-state index in [9.17, 15) is 0 Å². The zero-order valence-electron chi connectivity index (χ0n) is 15.6. The smallest absolute Gasteiger partial charge is 0.123 e. The molecule has 0 aromatic heterocycles. The van der Waals surface area contributed by atoms with Crippen molar-refractivity contribution in [1.29, 1.82) is 0 Å². The summed E-state index contributed by atoms with van der Waals surface area (Å²) in [5.74, 6) is 1.85. The highest BCUT2D eigenvalue weighted by atomic mass is 16.5. The number of nitrogens with one attached hydrogen (secondary N) is 1. The van der Waals surface area contributed by atoms with Crippen LogP contribution in [0.5, 0.6) is 11.5 Å². The van der Waals surface area contributed by atoms with E-state index in [1.807, 2.05) is 44.2 Å². The first-order valence-corrected chi connectivity index (χ1v) is 8.71. The number of benzene rings is 2. The van der Waals surface area contributed by atoms with Crippen molar-refractivity contribution in [1.82, 2.24) is 5.32 Å². The van der Waals surface area contributed by atoms with Gasteiger partial charge in [-0.1, -0.05) is 44.2 Å². The summed E-state index contributed by atoms with van der Waals surface area (Å²) in [4.78, 5) is 0. The van der Waals surface area contributed by atoms with Crippen molar-refractivity contribution < 1.29 is 9.47 Å². The Balaban J connectivity index is 0.00000139. The highest BCUT2D eigenvalue weighted by Gasteiger charge is 2.05. The normalized spacial score (nSPS) is 11.2. The van der Waals surface area contributed by atoms with Crippen molar-refractivity contribution in [2.24, 2.45) is 0 Å². The molecule has 0 fully saturated rings. The summed E-state index contributed by atoms with van der Waals surface area (Å²) in [6.07, 6.45) is 2.16. The highest BCUT2D eigenvalue weighted by molar-refractivity contribution is 5.33. The number of hydrogen-bond acceptors (Lipinski definition) is 3. The van der Waals surface area contributed by atoms with Gasteiger partial charge in [0, 0.05) is 18.2 Å². The van der Waals surface area contributed by atoms with Crippen LogP contribution in [0.25, 0.3) is 0 Å². The molecular weight excluding hydrogens is 298 g/mol. The second-order valence-electron chi connectivity index (χ2n) is 5.48. The number of methoxy groups -OCH3 is 2. The monoisotopic (exact) mass is 329 g/mol. The van der Waals surface area contributed by atoms with E-state index in [0.29, 0.717) is 6.04 Å². The van der Waals surface area contributed by atoms with E-state index in [2.05, 4.69) is 30.4 Å². The van der Waals surface area contributed by atoms with Crippen LogP contribution in [-0.2, 0) is 13.0 Å². The molecule has 2 aromatic carbocycles.